The molecule has 2 rings (SSSR count). The van der Waals surface area contributed by atoms with E-state index in [0.29, 0.717) is 3.67 Å². The van der Waals surface area contributed by atoms with Gasteiger partial charge in [-0.15, -0.1) is 0 Å². The molecule has 0 heterocycles. The van der Waals surface area contributed by atoms with Crippen LogP contribution in [0.25, 0.3) is 6.08 Å². The van der Waals surface area contributed by atoms with Gasteiger partial charge < -0.3 is 0 Å². The summed E-state index contributed by atoms with van der Waals surface area (Å²) in [7, 11) is 12.0. The molecule has 0 N–H and O–H groups in total. The van der Waals surface area contributed by atoms with Crippen molar-refractivity contribution in [1.82, 2.24) is 0 Å². The van der Waals surface area contributed by atoms with Crippen LogP contribution in [0.2, 0.25) is 0 Å². The first kappa shape index (κ1) is 8.98. The molecule has 1 aliphatic carbocycles. The Bertz CT molecular complexity index is 320. The van der Waals surface area contributed by atoms with E-state index in [1.165, 1.54) is 11.1 Å². The van der Waals surface area contributed by atoms with E-state index in [-0.39, 0.29) is 0 Å². The van der Waals surface area contributed by atoms with Gasteiger partial charge in [0, 0.05) is 0 Å². The molecule has 1 atom stereocenters. The Labute approximate surface area is 86.9 Å². The van der Waals surface area contributed by atoms with Crippen molar-refractivity contribution in [1.29, 1.82) is 0 Å². The summed E-state index contributed by atoms with van der Waals surface area (Å²) in [4.78, 5) is 0. The maximum absolute atomic E-state index is 6.01. The van der Waals surface area contributed by atoms with Crippen LogP contribution >= 0.6 is 17.2 Å². The number of hydrogen-bond donors (Lipinski definition) is 0. The van der Waals surface area contributed by atoms with Gasteiger partial charge in [-0.25, -0.2) is 0 Å². The minimum absolute atomic E-state index is 0.358. The van der Waals surface area contributed by atoms with E-state index in [1.54, 1.807) is 0 Å². The summed E-state index contributed by atoms with van der Waals surface area (Å²) in [6, 6.07) is 8.29. The van der Waals surface area contributed by atoms with Crippen LogP contribution < -0.4 is 0 Å². The third kappa shape index (κ3) is 1.55. The Hall–Kier alpha value is 0.410. The van der Waals surface area contributed by atoms with Crippen LogP contribution in [0.3, 0.4) is 0 Å². The average Bonchev–Trinajstić information content (AvgIpc) is 2.47. The van der Waals surface area contributed by atoms with E-state index in [4.69, 9.17) is 17.2 Å². The van der Waals surface area contributed by atoms with Gasteiger partial charge in [-0.05, 0) is 0 Å². The monoisotopic (exact) mass is 230 g/mol. The van der Waals surface area contributed by atoms with Crippen molar-refractivity contribution in [2.75, 3.05) is 0 Å². The van der Waals surface area contributed by atoms with Crippen LogP contribution in [-0.4, -0.2) is 0 Å². The predicted octanol–water partition coefficient (Wildman–Crippen LogP) is 3.68. The molecular weight excluding hydrogens is 224 g/mol. The number of hydrogen-bond acceptors (Lipinski definition) is 0. The number of fused-ring (bicyclic) bond motifs is 1. The molecule has 1 aromatic rings. The fourth-order valence-electron chi connectivity index (χ4n) is 1.50. The fourth-order valence-corrected chi connectivity index (χ4v) is 4.64. The predicted molar refractivity (Wildman–Crippen MR) is 49.9 cm³/mol. The van der Waals surface area contributed by atoms with Gasteiger partial charge in [0.25, 0.3) is 0 Å². The van der Waals surface area contributed by atoms with Crippen LogP contribution in [0.1, 0.15) is 14.8 Å². The molecule has 0 bridgehead atoms. The first-order chi connectivity index (χ1) is 5.79. The van der Waals surface area contributed by atoms with Gasteiger partial charge in [-0.2, -0.15) is 0 Å². The van der Waals surface area contributed by atoms with E-state index in [9.17, 15) is 0 Å². The third-order valence-electron chi connectivity index (χ3n) is 2.11. The van der Waals surface area contributed by atoms with Crippen molar-refractivity contribution >= 4 is 23.2 Å². The zero-order chi connectivity index (χ0) is 8.55. The molecule has 0 saturated carbocycles. The Morgan fingerprint density at radius 1 is 1.17 bits per heavy atom. The number of rotatable bonds is 1. The fraction of sp³-hybridized carbons (Fsp3) is 0.111. The molecule has 0 fully saturated rings. The number of allylic oxidation sites excluding steroid dienone is 1. The second kappa shape index (κ2) is 3.65. The molecule has 3 heteroatoms. The van der Waals surface area contributed by atoms with Crippen molar-refractivity contribution in [2.24, 2.45) is 0 Å². The van der Waals surface area contributed by atoms with Crippen molar-refractivity contribution in [3.05, 3.63) is 41.5 Å². The molecule has 12 heavy (non-hydrogen) atoms. The second-order valence-corrected chi connectivity index (χ2v) is 9.81. The zero-order valence-electron chi connectivity index (χ0n) is 6.37. The standard InChI is InChI=1S/C9H7.2ClH.Sc/c1-2-5-9-7-3-6-8(9)4-1;;;/h1-7H;2*1H;/q;;;+2/p-2. The first-order valence-corrected chi connectivity index (χ1v) is 9.84. The molecule has 1 unspecified atom stereocenters. The molecule has 60 valence electrons. The summed E-state index contributed by atoms with van der Waals surface area (Å²) in [5.41, 5.74) is 2.59. The van der Waals surface area contributed by atoms with E-state index in [1.807, 2.05) is 12.1 Å². The van der Waals surface area contributed by atoms with Gasteiger partial charge in [-0.1, -0.05) is 0 Å². The summed E-state index contributed by atoms with van der Waals surface area (Å²) in [6.45, 7) is 0. The Kier molecular flexibility index (Phi) is 2.73. The van der Waals surface area contributed by atoms with Crippen molar-refractivity contribution in [3.63, 3.8) is 0 Å². The van der Waals surface area contributed by atoms with Crippen molar-refractivity contribution in [3.8, 4) is 0 Å². The van der Waals surface area contributed by atoms with Crippen molar-refractivity contribution < 1.29 is 19.1 Å². The molecule has 0 radical (unpaired) electrons. The van der Waals surface area contributed by atoms with Crippen molar-refractivity contribution in [2.45, 2.75) is 3.67 Å². The second-order valence-electron chi connectivity index (χ2n) is 2.85. The zero-order valence-corrected chi connectivity index (χ0v) is 9.69. The molecule has 0 nitrogen and oxygen atoms in total. The topological polar surface area (TPSA) is 0 Å². The molecule has 1 aliphatic rings. The Morgan fingerprint density at radius 2 is 1.92 bits per heavy atom. The van der Waals surface area contributed by atoms with E-state index in [0.717, 1.165) is 0 Å². The Morgan fingerprint density at radius 3 is 2.67 bits per heavy atom. The number of halogens is 2. The van der Waals surface area contributed by atoms with Crippen LogP contribution in [0.4, 0.5) is 0 Å². The quantitative estimate of drug-likeness (QED) is 0.691. The molecular formula is C9H7Cl2Sc. The summed E-state index contributed by atoms with van der Waals surface area (Å²) in [6.07, 6.45) is 4.25. The SMILES string of the molecule is [Cl][Sc]([Cl])[CH]1C=Cc2ccccc21. The minimum atomic E-state index is -2.04. The van der Waals surface area contributed by atoms with Crippen LogP contribution in [0.5, 0.6) is 0 Å². The molecule has 0 spiro atoms. The van der Waals surface area contributed by atoms with Gasteiger partial charge >= 0.3 is 87.4 Å². The first-order valence-electron chi connectivity index (χ1n) is 3.84. The van der Waals surface area contributed by atoms with Crippen LogP contribution in [0, 0.1) is 0 Å². The molecule has 0 aromatic heterocycles. The summed E-state index contributed by atoms with van der Waals surface area (Å²) >= 11 is -2.04. The average molecular weight is 231 g/mol. The summed E-state index contributed by atoms with van der Waals surface area (Å²) in [5.74, 6) is 0. The van der Waals surface area contributed by atoms with Crippen LogP contribution in [-0.2, 0) is 19.1 Å². The molecule has 1 aromatic carbocycles. The van der Waals surface area contributed by atoms with E-state index in [2.05, 4.69) is 24.3 Å². The Balaban J connectivity index is 2.42. The van der Waals surface area contributed by atoms with Gasteiger partial charge in [0.15, 0.2) is 0 Å². The number of benzene rings is 1. The maximum atomic E-state index is 6.01. The summed E-state index contributed by atoms with van der Waals surface area (Å²) in [5, 5.41) is 0. The van der Waals surface area contributed by atoms with Gasteiger partial charge in [0.05, 0.1) is 0 Å². The third-order valence-corrected chi connectivity index (χ3v) is 6.10. The van der Waals surface area contributed by atoms with Gasteiger partial charge in [-0.3, -0.25) is 0 Å². The van der Waals surface area contributed by atoms with E-state index >= 15 is 0 Å². The van der Waals surface area contributed by atoms with Gasteiger partial charge in [0.1, 0.15) is 0 Å². The normalized spacial score (nSPS) is 19.3. The summed E-state index contributed by atoms with van der Waals surface area (Å²) < 4.78 is 0.358. The molecule has 0 amide bonds. The molecule has 0 aliphatic heterocycles. The van der Waals surface area contributed by atoms with Crippen LogP contribution in [0.15, 0.2) is 30.3 Å². The molecule has 0 saturated heterocycles. The van der Waals surface area contributed by atoms with Gasteiger partial charge in [0.2, 0.25) is 0 Å². The van der Waals surface area contributed by atoms with E-state index < -0.39 is 19.1 Å².